The van der Waals surface area contributed by atoms with Crippen LogP contribution in [0.15, 0.2) is 41.3 Å². The second-order valence-electron chi connectivity index (χ2n) is 6.51. The van der Waals surface area contributed by atoms with Crippen LogP contribution in [0.2, 0.25) is 0 Å². The summed E-state index contributed by atoms with van der Waals surface area (Å²) in [7, 11) is 1.48. The van der Waals surface area contributed by atoms with Crippen LogP contribution >= 0.6 is 24.0 Å². The molecule has 2 N–H and O–H groups in total. The largest absolute Gasteiger partial charge is 0.493 e. The van der Waals surface area contributed by atoms with E-state index in [1.807, 2.05) is 0 Å². The number of thioether (sulfide) groups is 1. The van der Waals surface area contributed by atoms with Crippen LogP contribution in [-0.4, -0.2) is 43.1 Å². The zero-order valence-electron chi connectivity index (χ0n) is 16.5. The maximum atomic E-state index is 13.1. The number of nitrogens with two attached hydrogens (primary N) is 1. The van der Waals surface area contributed by atoms with Gasteiger partial charge in [-0.05, 0) is 35.9 Å². The first kappa shape index (κ1) is 21.0. The molecule has 0 spiro atoms. The third kappa shape index (κ3) is 4.44. The van der Waals surface area contributed by atoms with Gasteiger partial charge < -0.3 is 24.7 Å². The van der Waals surface area contributed by atoms with E-state index in [-0.39, 0.29) is 12.5 Å². The molecule has 0 aromatic heterocycles. The first-order valence-electron chi connectivity index (χ1n) is 9.23. The topological polar surface area (TPSA) is 100 Å². The molecule has 2 aliphatic heterocycles. The van der Waals surface area contributed by atoms with E-state index >= 15 is 0 Å². The number of primary amides is 1. The Morgan fingerprint density at radius 1 is 1.19 bits per heavy atom. The smallest absolute Gasteiger partial charge is 0.270 e. The van der Waals surface area contributed by atoms with E-state index in [0.717, 1.165) is 0 Å². The number of fused-ring (bicyclic) bond motifs is 1. The molecule has 4 rings (SSSR count). The Hall–Kier alpha value is -3.24. The number of ether oxygens (including phenoxy) is 4. The zero-order valence-corrected chi connectivity index (χ0v) is 18.1. The Morgan fingerprint density at radius 2 is 1.97 bits per heavy atom. The number of rotatable bonds is 6. The minimum absolute atomic E-state index is 0.236. The minimum atomic E-state index is -0.589. The molecule has 31 heavy (non-hydrogen) atoms. The van der Waals surface area contributed by atoms with Crippen LogP contribution in [-0.2, 0) is 9.59 Å². The van der Waals surface area contributed by atoms with Gasteiger partial charge in [0.25, 0.3) is 11.8 Å². The molecule has 0 aliphatic carbocycles. The number of benzene rings is 2. The lowest BCUT2D eigenvalue weighted by molar-refractivity contribution is -0.120. The van der Waals surface area contributed by atoms with Crippen molar-refractivity contribution in [2.75, 3.05) is 31.8 Å². The third-order valence-corrected chi connectivity index (χ3v) is 5.74. The molecule has 1 fully saturated rings. The zero-order chi connectivity index (χ0) is 22.0. The van der Waals surface area contributed by atoms with Crippen molar-refractivity contribution in [3.8, 4) is 23.0 Å². The van der Waals surface area contributed by atoms with Gasteiger partial charge in [-0.3, -0.25) is 14.5 Å². The van der Waals surface area contributed by atoms with Gasteiger partial charge in [0.05, 0.1) is 17.7 Å². The number of carbonyl (C=O) groups excluding carboxylic acids is 2. The fraction of sp³-hybridized carbons (Fsp3) is 0.190. The second-order valence-corrected chi connectivity index (χ2v) is 8.19. The van der Waals surface area contributed by atoms with E-state index in [1.165, 1.54) is 23.8 Å². The van der Waals surface area contributed by atoms with Crippen LogP contribution in [0.25, 0.3) is 6.08 Å². The number of hydrogen-bond acceptors (Lipinski definition) is 8. The molecule has 8 nitrogen and oxygen atoms in total. The van der Waals surface area contributed by atoms with E-state index in [1.54, 1.807) is 42.5 Å². The SMILES string of the molecule is COc1cc(/C=C2\SC(=S)N(c3ccc4c(c3)OCCO4)C2=O)ccc1OCC(N)=O. The van der Waals surface area contributed by atoms with Gasteiger partial charge in [0, 0.05) is 6.07 Å². The van der Waals surface area contributed by atoms with Gasteiger partial charge in [-0.1, -0.05) is 30.0 Å². The Morgan fingerprint density at radius 3 is 2.71 bits per heavy atom. The van der Waals surface area contributed by atoms with Gasteiger partial charge in [0.2, 0.25) is 0 Å². The van der Waals surface area contributed by atoms with Crippen molar-refractivity contribution in [2.24, 2.45) is 5.73 Å². The van der Waals surface area contributed by atoms with Gasteiger partial charge in [0.15, 0.2) is 33.9 Å². The van der Waals surface area contributed by atoms with Gasteiger partial charge in [-0.2, -0.15) is 0 Å². The molecule has 2 aromatic carbocycles. The summed E-state index contributed by atoms with van der Waals surface area (Å²) in [4.78, 5) is 25.9. The van der Waals surface area contributed by atoms with E-state index < -0.39 is 5.91 Å². The predicted molar refractivity (Wildman–Crippen MR) is 121 cm³/mol. The Balaban J connectivity index is 1.58. The summed E-state index contributed by atoms with van der Waals surface area (Å²) in [5.41, 5.74) is 6.44. The standard InChI is InChI=1S/C21H18N2O6S2/c1-26-16-8-12(2-4-14(16)29-11-19(22)24)9-18-20(25)23(21(30)31-18)13-3-5-15-17(10-13)28-7-6-27-15/h2-5,8-10H,6-7,11H2,1H3,(H2,22,24)/b18-9-. The van der Waals surface area contributed by atoms with Gasteiger partial charge in [0.1, 0.15) is 13.2 Å². The molecule has 160 valence electrons. The van der Waals surface area contributed by atoms with Crippen LogP contribution in [0, 0.1) is 0 Å². The fourth-order valence-electron chi connectivity index (χ4n) is 3.05. The Labute approximate surface area is 187 Å². The normalized spacial score (nSPS) is 16.5. The lowest BCUT2D eigenvalue weighted by atomic mass is 10.1. The quantitative estimate of drug-likeness (QED) is 0.521. The molecule has 0 bridgehead atoms. The van der Waals surface area contributed by atoms with Crippen molar-refractivity contribution >= 4 is 51.9 Å². The van der Waals surface area contributed by atoms with Gasteiger partial charge >= 0.3 is 0 Å². The highest BCUT2D eigenvalue weighted by molar-refractivity contribution is 8.27. The molecule has 0 atom stereocenters. The monoisotopic (exact) mass is 458 g/mol. The molecule has 0 radical (unpaired) electrons. The average Bonchev–Trinajstić information content (AvgIpc) is 3.05. The molecule has 2 amide bonds. The molecule has 10 heteroatoms. The maximum absolute atomic E-state index is 13.1. The van der Waals surface area contributed by atoms with E-state index in [4.69, 9.17) is 36.9 Å². The van der Waals surface area contributed by atoms with Crippen LogP contribution in [0.4, 0.5) is 5.69 Å². The summed E-state index contributed by atoms with van der Waals surface area (Å²) in [6.07, 6.45) is 1.72. The molecule has 0 unspecified atom stereocenters. The van der Waals surface area contributed by atoms with Crippen LogP contribution in [0.3, 0.4) is 0 Å². The van der Waals surface area contributed by atoms with Crippen molar-refractivity contribution < 1.29 is 28.5 Å². The van der Waals surface area contributed by atoms with Gasteiger partial charge in [-0.25, -0.2) is 0 Å². The van der Waals surface area contributed by atoms with E-state index in [2.05, 4.69) is 0 Å². The second kappa shape index (κ2) is 8.86. The third-order valence-electron chi connectivity index (χ3n) is 4.43. The van der Waals surface area contributed by atoms with E-state index in [9.17, 15) is 9.59 Å². The number of nitrogens with zero attached hydrogens (tertiary/aromatic N) is 1. The lowest BCUT2D eigenvalue weighted by Gasteiger charge is -2.21. The van der Waals surface area contributed by atoms with Crippen molar-refractivity contribution in [3.05, 3.63) is 46.9 Å². The first-order valence-corrected chi connectivity index (χ1v) is 10.5. The highest BCUT2D eigenvalue weighted by Crippen LogP contribution is 2.40. The van der Waals surface area contributed by atoms with Crippen molar-refractivity contribution in [1.82, 2.24) is 0 Å². The summed E-state index contributed by atoms with van der Waals surface area (Å²) in [6.45, 7) is 0.686. The van der Waals surface area contributed by atoms with Crippen LogP contribution in [0.1, 0.15) is 5.56 Å². The van der Waals surface area contributed by atoms with Gasteiger partial charge in [-0.15, -0.1) is 0 Å². The molecular weight excluding hydrogens is 440 g/mol. The lowest BCUT2D eigenvalue weighted by Crippen LogP contribution is -2.27. The maximum Gasteiger partial charge on any atom is 0.270 e. The first-order chi connectivity index (χ1) is 15.0. The number of anilines is 1. The Kier molecular flexibility index (Phi) is 6.01. The number of thiocarbonyl (C=S) groups is 1. The average molecular weight is 459 g/mol. The molecule has 2 aliphatic rings. The molecular formula is C21H18N2O6S2. The van der Waals surface area contributed by atoms with Crippen molar-refractivity contribution in [2.45, 2.75) is 0 Å². The highest BCUT2D eigenvalue weighted by atomic mass is 32.2. The summed E-state index contributed by atoms with van der Waals surface area (Å²) in [5.74, 6) is 1.19. The van der Waals surface area contributed by atoms with Crippen molar-refractivity contribution in [3.63, 3.8) is 0 Å². The highest BCUT2D eigenvalue weighted by Gasteiger charge is 2.34. The van der Waals surface area contributed by atoms with Crippen molar-refractivity contribution in [1.29, 1.82) is 0 Å². The minimum Gasteiger partial charge on any atom is -0.493 e. The molecule has 2 heterocycles. The number of carbonyl (C=O) groups is 2. The molecule has 1 saturated heterocycles. The Bertz CT molecular complexity index is 1100. The fourth-order valence-corrected chi connectivity index (χ4v) is 4.35. The van der Waals surface area contributed by atoms with Crippen LogP contribution in [0.5, 0.6) is 23.0 Å². The summed E-state index contributed by atoms with van der Waals surface area (Å²) >= 11 is 6.65. The number of hydrogen-bond donors (Lipinski definition) is 1. The molecule has 0 saturated carbocycles. The summed E-state index contributed by atoms with van der Waals surface area (Å²) in [5, 5.41) is 0. The molecule has 2 aromatic rings. The number of methoxy groups -OCH3 is 1. The number of amides is 2. The van der Waals surface area contributed by atoms with Crippen LogP contribution < -0.4 is 29.6 Å². The predicted octanol–water partition coefficient (Wildman–Crippen LogP) is 2.74. The summed E-state index contributed by atoms with van der Waals surface area (Å²) < 4.78 is 22.2. The van der Waals surface area contributed by atoms with E-state index in [0.29, 0.717) is 56.7 Å². The summed E-state index contributed by atoms with van der Waals surface area (Å²) in [6, 6.07) is 10.4.